The number of esters is 1. The average molecular weight is 166 g/mol. The quantitative estimate of drug-likeness (QED) is 0.437. The van der Waals surface area contributed by atoms with E-state index in [-0.39, 0.29) is 11.9 Å². The normalized spacial score (nSPS) is 41.2. The van der Waals surface area contributed by atoms with Gasteiger partial charge in [-0.2, -0.15) is 0 Å². The molecule has 0 heterocycles. The molecule has 2 heteroatoms. The van der Waals surface area contributed by atoms with Crippen molar-refractivity contribution >= 4 is 5.97 Å². The first-order chi connectivity index (χ1) is 5.51. The predicted molar refractivity (Wildman–Crippen MR) is 45.4 cm³/mol. The molecule has 0 aromatic carbocycles. The van der Waals surface area contributed by atoms with Gasteiger partial charge in [-0.15, -0.1) is 0 Å². The van der Waals surface area contributed by atoms with Gasteiger partial charge in [0.05, 0.1) is 13.0 Å². The minimum atomic E-state index is -0.105. The zero-order valence-electron chi connectivity index (χ0n) is 7.76. The van der Waals surface area contributed by atoms with E-state index in [0.717, 1.165) is 5.57 Å². The maximum atomic E-state index is 11.2. The molecule has 0 radical (unpaired) electrons. The van der Waals surface area contributed by atoms with E-state index in [1.165, 1.54) is 7.11 Å². The van der Waals surface area contributed by atoms with Crippen LogP contribution < -0.4 is 0 Å². The van der Waals surface area contributed by atoms with E-state index in [1.54, 1.807) is 0 Å². The van der Waals surface area contributed by atoms with Crippen molar-refractivity contribution in [2.45, 2.75) is 13.8 Å². The van der Waals surface area contributed by atoms with Gasteiger partial charge < -0.3 is 4.74 Å². The number of fused-ring (bicyclic) bond motifs is 1. The van der Waals surface area contributed by atoms with Gasteiger partial charge in [-0.3, -0.25) is 4.79 Å². The summed E-state index contributed by atoms with van der Waals surface area (Å²) in [6.45, 7) is 8.31. The zero-order valence-corrected chi connectivity index (χ0v) is 7.76. The first-order valence-electron chi connectivity index (χ1n) is 4.28. The third-order valence-corrected chi connectivity index (χ3v) is 3.52. The molecule has 66 valence electrons. The van der Waals surface area contributed by atoms with Crippen molar-refractivity contribution in [1.29, 1.82) is 0 Å². The Hall–Kier alpha value is -0.790. The Morgan fingerprint density at radius 1 is 1.58 bits per heavy atom. The molecule has 0 unspecified atom stereocenters. The van der Waals surface area contributed by atoms with Crippen molar-refractivity contribution in [3.8, 4) is 0 Å². The fourth-order valence-electron chi connectivity index (χ4n) is 2.74. The van der Waals surface area contributed by atoms with Crippen LogP contribution in [0.3, 0.4) is 0 Å². The molecule has 0 aromatic rings. The molecule has 0 aromatic heterocycles. The van der Waals surface area contributed by atoms with E-state index < -0.39 is 0 Å². The van der Waals surface area contributed by atoms with Crippen LogP contribution in [0.15, 0.2) is 12.2 Å². The smallest absolute Gasteiger partial charge is 0.313 e. The fraction of sp³-hybridized carbons (Fsp3) is 0.700. The van der Waals surface area contributed by atoms with Crippen LogP contribution in [-0.4, -0.2) is 13.1 Å². The summed E-state index contributed by atoms with van der Waals surface area (Å²) in [5.74, 6) is 0.987. The van der Waals surface area contributed by atoms with Gasteiger partial charge in [-0.1, -0.05) is 26.0 Å². The van der Waals surface area contributed by atoms with Crippen LogP contribution in [0.5, 0.6) is 0 Å². The van der Waals surface area contributed by atoms with Crippen molar-refractivity contribution in [3.63, 3.8) is 0 Å². The van der Waals surface area contributed by atoms with Crippen molar-refractivity contribution in [3.05, 3.63) is 12.2 Å². The Labute approximate surface area is 72.6 Å². The maximum absolute atomic E-state index is 11.2. The Balaban J connectivity index is 2.15. The molecule has 0 amide bonds. The topological polar surface area (TPSA) is 26.3 Å². The lowest BCUT2D eigenvalue weighted by Crippen LogP contribution is -2.28. The molecule has 0 saturated heterocycles. The highest BCUT2D eigenvalue weighted by molar-refractivity contribution is 5.80. The molecule has 2 rings (SSSR count). The highest BCUT2D eigenvalue weighted by Gasteiger charge is 2.73. The molecule has 0 spiro atoms. The molecule has 2 fully saturated rings. The number of carbonyl (C=O) groups is 1. The molecule has 12 heavy (non-hydrogen) atoms. The van der Waals surface area contributed by atoms with Crippen LogP contribution in [0.4, 0.5) is 0 Å². The van der Waals surface area contributed by atoms with E-state index in [2.05, 4.69) is 20.4 Å². The van der Waals surface area contributed by atoms with E-state index >= 15 is 0 Å². The predicted octanol–water partition coefficient (Wildman–Crippen LogP) is 1.62. The lowest BCUT2D eigenvalue weighted by Gasteiger charge is -2.24. The summed E-state index contributed by atoms with van der Waals surface area (Å²) in [5.41, 5.74) is 1.38. The molecule has 0 bridgehead atoms. The standard InChI is InChI=1S/C10H14O2/c1-5-6(9(11)12-4)8-7(5)10(8,2)3/h6-8H,1H2,2-4H3/t6-,7+,8-/m0/s1. The molecule has 0 aliphatic heterocycles. The molecular weight excluding hydrogens is 152 g/mol. The Bertz CT molecular complexity index is 265. The largest absolute Gasteiger partial charge is 0.469 e. The average Bonchev–Trinajstić information content (AvgIpc) is 2.47. The fourth-order valence-corrected chi connectivity index (χ4v) is 2.74. The minimum absolute atomic E-state index is 0.00463. The van der Waals surface area contributed by atoms with Gasteiger partial charge in [0.1, 0.15) is 0 Å². The SMILES string of the molecule is C=C1[C@H](C(=O)OC)[C@H]2[C@@H]1C2(C)C. The maximum Gasteiger partial charge on any atom is 0.313 e. The summed E-state index contributed by atoms with van der Waals surface area (Å²) in [4.78, 5) is 11.2. The van der Waals surface area contributed by atoms with Crippen LogP contribution in [0.25, 0.3) is 0 Å². The molecule has 2 nitrogen and oxygen atoms in total. The van der Waals surface area contributed by atoms with Gasteiger partial charge in [0.15, 0.2) is 0 Å². The Morgan fingerprint density at radius 2 is 2.17 bits per heavy atom. The van der Waals surface area contributed by atoms with Crippen LogP contribution in [0.1, 0.15) is 13.8 Å². The summed E-state index contributed by atoms with van der Waals surface area (Å²) in [6.07, 6.45) is 0. The second kappa shape index (κ2) is 1.93. The molecule has 2 saturated carbocycles. The van der Waals surface area contributed by atoms with E-state index in [0.29, 0.717) is 17.3 Å². The van der Waals surface area contributed by atoms with Crippen molar-refractivity contribution in [2.75, 3.05) is 7.11 Å². The summed E-state index contributed by atoms with van der Waals surface area (Å²) in [7, 11) is 1.44. The van der Waals surface area contributed by atoms with Crippen LogP contribution >= 0.6 is 0 Å². The summed E-state index contributed by atoms with van der Waals surface area (Å²) < 4.78 is 4.72. The zero-order chi connectivity index (χ0) is 9.09. The number of ether oxygens (including phenoxy) is 1. The van der Waals surface area contributed by atoms with Gasteiger partial charge in [-0.25, -0.2) is 0 Å². The van der Waals surface area contributed by atoms with Crippen LogP contribution in [0.2, 0.25) is 0 Å². The summed E-state index contributed by atoms with van der Waals surface area (Å²) in [6, 6.07) is 0. The third kappa shape index (κ3) is 0.637. The minimum Gasteiger partial charge on any atom is -0.469 e. The van der Waals surface area contributed by atoms with Crippen molar-refractivity contribution in [1.82, 2.24) is 0 Å². The number of rotatable bonds is 1. The molecule has 2 aliphatic rings. The summed E-state index contributed by atoms with van der Waals surface area (Å²) >= 11 is 0. The van der Waals surface area contributed by atoms with Crippen LogP contribution in [0, 0.1) is 23.2 Å². The van der Waals surface area contributed by atoms with Gasteiger partial charge >= 0.3 is 5.97 Å². The van der Waals surface area contributed by atoms with Gasteiger partial charge in [0.2, 0.25) is 0 Å². The molecule has 0 N–H and O–H groups in total. The molecule has 3 atom stereocenters. The van der Waals surface area contributed by atoms with Gasteiger partial charge in [0, 0.05) is 0 Å². The Kier molecular flexibility index (Phi) is 1.26. The Morgan fingerprint density at radius 3 is 2.50 bits per heavy atom. The van der Waals surface area contributed by atoms with E-state index in [4.69, 9.17) is 4.74 Å². The number of methoxy groups -OCH3 is 1. The summed E-state index contributed by atoms with van der Waals surface area (Å²) in [5, 5.41) is 0. The number of hydrogen-bond acceptors (Lipinski definition) is 2. The van der Waals surface area contributed by atoms with Crippen molar-refractivity contribution < 1.29 is 9.53 Å². The highest BCUT2D eigenvalue weighted by Crippen LogP contribution is 2.75. The third-order valence-electron chi connectivity index (χ3n) is 3.52. The van der Waals surface area contributed by atoms with E-state index in [9.17, 15) is 4.79 Å². The van der Waals surface area contributed by atoms with Crippen LogP contribution in [-0.2, 0) is 9.53 Å². The number of carbonyl (C=O) groups excluding carboxylic acids is 1. The monoisotopic (exact) mass is 166 g/mol. The van der Waals surface area contributed by atoms with Gasteiger partial charge in [-0.05, 0) is 17.3 Å². The first-order valence-corrected chi connectivity index (χ1v) is 4.28. The number of hydrogen-bond donors (Lipinski definition) is 0. The second-order valence-electron chi connectivity index (χ2n) is 4.40. The van der Waals surface area contributed by atoms with Gasteiger partial charge in [0.25, 0.3) is 0 Å². The lowest BCUT2D eigenvalue weighted by atomic mass is 9.81. The lowest BCUT2D eigenvalue weighted by molar-refractivity contribution is -0.146. The highest BCUT2D eigenvalue weighted by atomic mass is 16.5. The molecule has 2 aliphatic carbocycles. The molecular formula is C10H14O2. The second-order valence-corrected chi connectivity index (χ2v) is 4.40. The first kappa shape index (κ1) is 7.84. The van der Waals surface area contributed by atoms with Crippen molar-refractivity contribution in [2.24, 2.45) is 23.2 Å². The van der Waals surface area contributed by atoms with E-state index in [1.807, 2.05) is 0 Å².